The lowest BCUT2D eigenvalue weighted by molar-refractivity contribution is -0.384. The van der Waals surface area contributed by atoms with Gasteiger partial charge < -0.3 is 4.90 Å². The summed E-state index contributed by atoms with van der Waals surface area (Å²) in [5, 5.41) is 11.5. The molecule has 3 heterocycles. The van der Waals surface area contributed by atoms with E-state index in [2.05, 4.69) is 15.9 Å². The number of carbonyl (C=O) groups excluding carboxylic acids is 4. The Labute approximate surface area is 243 Å². The van der Waals surface area contributed by atoms with Gasteiger partial charge in [0.2, 0.25) is 11.8 Å². The number of fused-ring (bicyclic) bond motifs is 3. The molecule has 3 aliphatic heterocycles. The van der Waals surface area contributed by atoms with Crippen molar-refractivity contribution in [2.75, 3.05) is 4.90 Å². The zero-order chi connectivity index (χ0) is 29.0. The van der Waals surface area contributed by atoms with Gasteiger partial charge in [-0.25, -0.2) is 4.90 Å². The fourth-order valence-corrected chi connectivity index (χ4v) is 6.19. The molecular formula is C31H22BrN3O6. The SMILES string of the molecule is Cc1ccc([N+](=O)[O-])cc1N1C(=O)[C@@H]2[C@H](C1=O)[C@H](C(=O)c1ccc(Br)cc1)N1C=CC(C(=O)c3ccccc3)=C[C@@H]21. The lowest BCUT2D eigenvalue weighted by atomic mass is 9.85. The first-order chi connectivity index (χ1) is 19.7. The van der Waals surface area contributed by atoms with Crippen molar-refractivity contribution in [2.45, 2.75) is 19.0 Å². The van der Waals surface area contributed by atoms with Crippen LogP contribution in [0.4, 0.5) is 11.4 Å². The van der Waals surface area contributed by atoms with Crippen LogP contribution in [0.3, 0.4) is 0 Å². The van der Waals surface area contributed by atoms with Crippen LogP contribution in [-0.4, -0.2) is 45.3 Å². The van der Waals surface area contributed by atoms with Crippen LogP contribution >= 0.6 is 15.9 Å². The maximum Gasteiger partial charge on any atom is 0.271 e. The van der Waals surface area contributed by atoms with E-state index >= 15 is 0 Å². The van der Waals surface area contributed by atoms with Gasteiger partial charge in [-0.3, -0.25) is 29.3 Å². The molecule has 9 nitrogen and oxygen atoms in total. The topological polar surface area (TPSA) is 118 Å². The fraction of sp³-hybridized carbons (Fsp3) is 0.161. The Balaban J connectivity index is 1.45. The molecule has 3 aromatic rings. The van der Waals surface area contributed by atoms with Gasteiger partial charge in [0.25, 0.3) is 5.69 Å². The smallest absolute Gasteiger partial charge is 0.271 e. The van der Waals surface area contributed by atoms with E-state index in [1.54, 1.807) is 84.8 Å². The second-order valence-corrected chi connectivity index (χ2v) is 11.1. The predicted molar refractivity (Wildman–Crippen MR) is 153 cm³/mol. The molecule has 0 bridgehead atoms. The van der Waals surface area contributed by atoms with Crippen LogP contribution in [0.25, 0.3) is 0 Å². The first-order valence-corrected chi connectivity index (χ1v) is 13.7. The number of hydrogen-bond acceptors (Lipinski definition) is 7. The molecule has 0 N–H and O–H groups in total. The largest absolute Gasteiger partial charge is 0.359 e. The van der Waals surface area contributed by atoms with E-state index < -0.39 is 40.7 Å². The van der Waals surface area contributed by atoms with Crippen molar-refractivity contribution in [1.82, 2.24) is 4.90 Å². The van der Waals surface area contributed by atoms with Gasteiger partial charge in [0.15, 0.2) is 11.6 Å². The predicted octanol–water partition coefficient (Wildman–Crippen LogP) is 5.04. The van der Waals surface area contributed by atoms with Crippen molar-refractivity contribution in [3.05, 3.63) is 128 Å². The Morgan fingerprint density at radius 1 is 0.902 bits per heavy atom. The van der Waals surface area contributed by atoms with Gasteiger partial charge in [-0.2, -0.15) is 0 Å². The molecule has 41 heavy (non-hydrogen) atoms. The highest BCUT2D eigenvalue weighted by atomic mass is 79.9. The third-order valence-electron chi connectivity index (χ3n) is 7.89. The third-order valence-corrected chi connectivity index (χ3v) is 8.42. The summed E-state index contributed by atoms with van der Waals surface area (Å²) in [4.78, 5) is 68.9. The molecule has 3 aliphatic rings. The third kappa shape index (κ3) is 4.31. The number of rotatable bonds is 6. The molecule has 0 spiro atoms. The van der Waals surface area contributed by atoms with E-state index in [9.17, 15) is 29.3 Å². The summed E-state index contributed by atoms with van der Waals surface area (Å²) >= 11 is 3.37. The van der Waals surface area contributed by atoms with Gasteiger partial charge in [0, 0.05) is 39.5 Å². The summed E-state index contributed by atoms with van der Waals surface area (Å²) in [6.45, 7) is 1.66. The molecule has 0 aromatic heterocycles. The minimum absolute atomic E-state index is 0.112. The molecule has 2 saturated heterocycles. The monoisotopic (exact) mass is 611 g/mol. The van der Waals surface area contributed by atoms with E-state index in [0.717, 1.165) is 9.37 Å². The van der Waals surface area contributed by atoms with Crippen LogP contribution < -0.4 is 4.90 Å². The number of non-ortho nitro benzene ring substituents is 1. The number of hydrogen-bond donors (Lipinski definition) is 0. The van der Waals surface area contributed by atoms with Crippen molar-refractivity contribution in [3.63, 3.8) is 0 Å². The zero-order valence-electron chi connectivity index (χ0n) is 21.6. The highest BCUT2D eigenvalue weighted by molar-refractivity contribution is 9.10. The maximum absolute atomic E-state index is 14.0. The Morgan fingerprint density at radius 3 is 2.27 bits per heavy atom. The average Bonchev–Trinajstić information content (AvgIpc) is 3.44. The number of imide groups is 1. The van der Waals surface area contributed by atoms with Gasteiger partial charge in [-0.1, -0.05) is 70.5 Å². The van der Waals surface area contributed by atoms with E-state index in [0.29, 0.717) is 22.3 Å². The summed E-state index contributed by atoms with van der Waals surface area (Å²) in [5.41, 5.74) is 1.54. The lowest BCUT2D eigenvalue weighted by Gasteiger charge is -2.33. The molecule has 10 heteroatoms. The van der Waals surface area contributed by atoms with Crippen LogP contribution in [0.1, 0.15) is 26.3 Å². The van der Waals surface area contributed by atoms with Crippen molar-refractivity contribution in [3.8, 4) is 0 Å². The molecule has 2 amide bonds. The standard InChI is InChI=1S/C31H22BrN3O6/c1-17-7-12-22(35(40)41)16-23(17)34-30(38)25-24-15-20(28(36)18-5-3-2-4-6-18)13-14-33(24)27(26(25)31(34)39)29(37)19-8-10-21(32)11-9-19/h2-16,24-27H,1H3/t24-,25-,26-,27+/m0/s1. The second kappa shape index (κ2) is 10.0. The van der Waals surface area contributed by atoms with Crippen LogP contribution in [0.15, 0.2) is 101 Å². The molecular weight excluding hydrogens is 590 g/mol. The maximum atomic E-state index is 14.0. The van der Waals surface area contributed by atoms with Gasteiger partial charge >= 0.3 is 0 Å². The molecule has 0 radical (unpaired) electrons. The van der Waals surface area contributed by atoms with E-state index in [1.165, 1.54) is 18.2 Å². The quantitative estimate of drug-likeness (QED) is 0.166. The lowest BCUT2D eigenvalue weighted by Crippen LogP contribution is -2.46. The van der Waals surface area contributed by atoms with Crippen LogP contribution in [0, 0.1) is 28.9 Å². The summed E-state index contributed by atoms with van der Waals surface area (Å²) in [7, 11) is 0. The van der Waals surface area contributed by atoms with Crippen LogP contribution in [0.2, 0.25) is 0 Å². The normalized spacial score (nSPS) is 22.8. The zero-order valence-corrected chi connectivity index (χ0v) is 23.2. The van der Waals surface area contributed by atoms with Crippen molar-refractivity contribution >= 4 is 50.7 Å². The van der Waals surface area contributed by atoms with Gasteiger partial charge in [0.1, 0.15) is 6.04 Å². The Morgan fingerprint density at radius 2 is 1.59 bits per heavy atom. The number of Topliss-reactive ketones (excluding diaryl/α,β-unsaturated/α-hetero) is 2. The minimum Gasteiger partial charge on any atom is -0.359 e. The highest BCUT2D eigenvalue weighted by Crippen LogP contribution is 2.48. The number of amides is 2. The molecule has 204 valence electrons. The van der Waals surface area contributed by atoms with Gasteiger partial charge in [-0.15, -0.1) is 0 Å². The number of nitro groups is 1. The van der Waals surface area contributed by atoms with Crippen molar-refractivity contribution < 1.29 is 24.1 Å². The Bertz CT molecular complexity index is 1700. The molecule has 3 aromatic carbocycles. The highest BCUT2D eigenvalue weighted by Gasteiger charge is 2.63. The number of carbonyl (C=O) groups is 4. The van der Waals surface area contributed by atoms with E-state index in [-0.39, 0.29) is 22.9 Å². The molecule has 0 saturated carbocycles. The summed E-state index contributed by atoms with van der Waals surface area (Å²) < 4.78 is 0.778. The van der Waals surface area contributed by atoms with E-state index in [1.807, 2.05) is 0 Å². The minimum atomic E-state index is -1.06. The molecule has 2 fully saturated rings. The van der Waals surface area contributed by atoms with Crippen molar-refractivity contribution in [1.29, 1.82) is 0 Å². The van der Waals surface area contributed by atoms with Crippen LogP contribution in [0.5, 0.6) is 0 Å². The first kappa shape index (κ1) is 26.5. The molecule has 0 unspecified atom stereocenters. The number of anilines is 1. The number of benzene rings is 3. The van der Waals surface area contributed by atoms with Gasteiger partial charge in [0.05, 0.1) is 28.5 Å². The number of allylic oxidation sites excluding steroid dienone is 2. The number of ketones is 2. The summed E-state index contributed by atoms with van der Waals surface area (Å²) in [6, 6.07) is 17.7. The fourth-order valence-electron chi connectivity index (χ4n) is 5.93. The average molecular weight is 612 g/mol. The van der Waals surface area contributed by atoms with Crippen molar-refractivity contribution in [2.24, 2.45) is 11.8 Å². The number of nitrogens with zero attached hydrogens (tertiary/aromatic N) is 3. The first-order valence-electron chi connectivity index (χ1n) is 12.9. The molecule has 6 rings (SSSR count). The Hall–Kier alpha value is -4.70. The summed E-state index contributed by atoms with van der Waals surface area (Å²) in [6.07, 6.45) is 4.87. The molecule has 4 atom stereocenters. The number of aryl methyl sites for hydroxylation is 1. The van der Waals surface area contributed by atoms with Gasteiger partial charge in [-0.05, 0) is 30.7 Å². The second-order valence-electron chi connectivity index (χ2n) is 10.2. The van der Waals surface area contributed by atoms with E-state index in [4.69, 9.17) is 0 Å². The van der Waals surface area contributed by atoms with Crippen LogP contribution in [-0.2, 0) is 9.59 Å². The number of halogens is 1. The summed E-state index contributed by atoms with van der Waals surface area (Å²) in [5.74, 6) is -3.80. The number of nitro benzene ring substituents is 1. The Kier molecular flexibility index (Phi) is 6.50. The molecule has 0 aliphatic carbocycles.